The third-order valence-electron chi connectivity index (χ3n) is 3.31. The summed E-state index contributed by atoms with van der Waals surface area (Å²) in [5, 5.41) is 11.5. The van der Waals surface area contributed by atoms with E-state index in [2.05, 4.69) is 25.4 Å². The highest BCUT2D eigenvalue weighted by Crippen LogP contribution is 2.22. The molecule has 0 saturated carbocycles. The smallest absolute Gasteiger partial charge is 0.245 e. The van der Waals surface area contributed by atoms with E-state index in [0.29, 0.717) is 5.95 Å². The van der Waals surface area contributed by atoms with Gasteiger partial charge in [0.25, 0.3) is 0 Å². The average molecular weight is 271 g/mol. The second-order valence-electron chi connectivity index (χ2n) is 4.61. The molecule has 6 heteroatoms. The molecule has 1 aromatic heterocycles. The number of piperazine rings is 1. The van der Waals surface area contributed by atoms with Gasteiger partial charge in [-0.3, -0.25) is 0 Å². The molecule has 1 fully saturated rings. The minimum atomic E-state index is 0.687. The average Bonchev–Trinajstić information content (AvgIpc) is 2.56. The molecule has 6 nitrogen and oxygen atoms in total. The maximum Gasteiger partial charge on any atom is 0.245 e. The van der Waals surface area contributed by atoms with Crippen LogP contribution >= 0.6 is 0 Å². The summed E-state index contributed by atoms with van der Waals surface area (Å²) in [5.41, 5.74) is 1.79. The van der Waals surface area contributed by atoms with Crippen LogP contribution in [0.2, 0.25) is 0 Å². The molecular weight excluding hydrogens is 254 g/mol. The number of rotatable bonds is 3. The van der Waals surface area contributed by atoms with Gasteiger partial charge in [-0.15, -0.1) is 5.10 Å². The third kappa shape index (κ3) is 2.70. The van der Waals surface area contributed by atoms with E-state index in [-0.39, 0.29) is 0 Å². The Morgan fingerprint density at radius 3 is 2.90 bits per heavy atom. The van der Waals surface area contributed by atoms with E-state index in [9.17, 15) is 0 Å². The van der Waals surface area contributed by atoms with Crippen LogP contribution in [-0.2, 0) is 0 Å². The number of aromatic nitrogens is 3. The topological polar surface area (TPSA) is 63.2 Å². The van der Waals surface area contributed by atoms with Crippen molar-refractivity contribution in [1.29, 1.82) is 0 Å². The zero-order chi connectivity index (χ0) is 13.8. The molecule has 0 atom stereocenters. The SMILES string of the molecule is COc1cccc(-c2cnnc(N3CCNCC3)n2)c1. The van der Waals surface area contributed by atoms with Gasteiger partial charge in [-0.2, -0.15) is 5.10 Å². The Labute approximate surface area is 117 Å². The first-order chi connectivity index (χ1) is 9.86. The van der Waals surface area contributed by atoms with Crippen molar-refractivity contribution in [3.05, 3.63) is 30.5 Å². The van der Waals surface area contributed by atoms with E-state index in [1.807, 2.05) is 24.3 Å². The van der Waals surface area contributed by atoms with E-state index in [1.165, 1.54) is 0 Å². The van der Waals surface area contributed by atoms with Crippen LogP contribution in [0.4, 0.5) is 5.95 Å². The predicted octanol–water partition coefficient (Wildman–Crippen LogP) is 0.957. The molecule has 0 spiro atoms. The number of nitrogens with zero attached hydrogens (tertiary/aromatic N) is 4. The second-order valence-corrected chi connectivity index (χ2v) is 4.61. The van der Waals surface area contributed by atoms with Crippen molar-refractivity contribution in [3.8, 4) is 17.0 Å². The lowest BCUT2D eigenvalue weighted by atomic mass is 10.1. The molecule has 1 aromatic carbocycles. The van der Waals surface area contributed by atoms with Crippen LogP contribution in [0, 0.1) is 0 Å². The van der Waals surface area contributed by atoms with Crippen molar-refractivity contribution in [3.63, 3.8) is 0 Å². The Balaban J connectivity index is 1.89. The number of nitrogens with one attached hydrogen (secondary N) is 1. The summed E-state index contributed by atoms with van der Waals surface area (Å²) >= 11 is 0. The van der Waals surface area contributed by atoms with Crippen molar-refractivity contribution in [1.82, 2.24) is 20.5 Å². The number of anilines is 1. The van der Waals surface area contributed by atoms with E-state index < -0.39 is 0 Å². The Morgan fingerprint density at radius 2 is 2.10 bits per heavy atom. The van der Waals surface area contributed by atoms with Gasteiger partial charge in [0.05, 0.1) is 19.0 Å². The molecule has 0 amide bonds. The zero-order valence-corrected chi connectivity index (χ0v) is 11.4. The molecule has 2 aromatic rings. The monoisotopic (exact) mass is 271 g/mol. The Morgan fingerprint density at radius 1 is 1.25 bits per heavy atom. The van der Waals surface area contributed by atoms with Gasteiger partial charge in [-0.1, -0.05) is 12.1 Å². The summed E-state index contributed by atoms with van der Waals surface area (Å²) in [4.78, 5) is 6.76. The minimum Gasteiger partial charge on any atom is -0.497 e. The maximum absolute atomic E-state index is 5.24. The van der Waals surface area contributed by atoms with Crippen molar-refractivity contribution in [2.45, 2.75) is 0 Å². The molecule has 3 rings (SSSR count). The van der Waals surface area contributed by atoms with Crippen LogP contribution < -0.4 is 15.0 Å². The largest absolute Gasteiger partial charge is 0.497 e. The maximum atomic E-state index is 5.24. The van der Waals surface area contributed by atoms with Crippen molar-refractivity contribution >= 4 is 5.95 Å². The quantitative estimate of drug-likeness (QED) is 0.897. The van der Waals surface area contributed by atoms with Crippen LogP contribution in [0.5, 0.6) is 5.75 Å². The Hall–Kier alpha value is -2.21. The Kier molecular flexibility index (Phi) is 3.73. The molecule has 1 saturated heterocycles. The summed E-state index contributed by atoms with van der Waals surface area (Å²) < 4.78 is 5.24. The molecule has 0 bridgehead atoms. The Bertz CT molecular complexity index is 583. The standard InChI is InChI=1S/C14H17N5O/c1-20-12-4-2-3-11(9-12)13-10-16-18-14(17-13)19-7-5-15-6-8-19/h2-4,9-10,15H,5-8H2,1H3. The molecule has 0 unspecified atom stereocenters. The highest BCUT2D eigenvalue weighted by molar-refractivity contribution is 5.61. The normalized spacial score (nSPS) is 15.2. The highest BCUT2D eigenvalue weighted by Gasteiger charge is 2.14. The van der Waals surface area contributed by atoms with E-state index in [0.717, 1.165) is 43.2 Å². The van der Waals surface area contributed by atoms with Gasteiger partial charge in [0.2, 0.25) is 5.95 Å². The lowest BCUT2D eigenvalue weighted by Crippen LogP contribution is -2.44. The third-order valence-corrected chi connectivity index (χ3v) is 3.31. The lowest BCUT2D eigenvalue weighted by molar-refractivity contribution is 0.415. The molecule has 0 radical (unpaired) electrons. The van der Waals surface area contributed by atoms with Crippen LogP contribution in [0.1, 0.15) is 0 Å². The fourth-order valence-electron chi connectivity index (χ4n) is 2.21. The van der Waals surface area contributed by atoms with Crippen LogP contribution in [-0.4, -0.2) is 48.5 Å². The molecule has 0 aliphatic carbocycles. The van der Waals surface area contributed by atoms with E-state index >= 15 is 0 Å². The number of ether oxygens (including phenoxy) is 1. The molecule has 104 valence electrons. The molecule has 1 aliphatic rings. The predicted molar refractivity (Wildman–Crippen MR) is 76.9 cm³/mol. The van der Waals surface area contributed by atoms with E-state index in [1.54, 1.807) is 13.3 Å². The zero-order valence-electron chi connectivity index (χ0n) is 11.4. The first-order valence-corrected chi connectivity index (χ1v) is 6.66. The van der Waals surface area contributed by atoms with E-state index in [4.69, 9.17) is 4.74 Å². The van der Waals surface area contributed by atoms with Gasteiger partial charge in [-0.25, -0.2) is 4.98 Å². The molecule has 1 N–H and O–H groups in total. The fraction of sp³-hybridized carbons (Fsp3) is 0.357. The van der Waals surface area contributed by atoms with Gasteiger partial charge in [0.15, 0.2) is 0 Å². The number of methoxy groups -OCH3 is 1. The van der Waals surface area contributed by atoms with Crippen LogP contribution in [0.15, 0.2) is 30.5 Å². The summed E-state index contributed by atoms with van der Waals surface area (Å²) in [6, 6.07) is 7.80. The minimum absolute atomic E-state index is 0.687. The molecule has 1 aliphatic heterocycles. The molecule has 20 heavy (non-hydrogen) atoms. The fourth-order valence-corrected chi connectivity index (χ4v) is 2.21. The number of benzene rings is 1. The first-order valence-electron chi connectivity index (χ1n) is 6.66. The van der Waals surface area contributed by atoms with Gasteiger partial charge in [0, 0.05) is 31.7 Å². The summed E-state index contributed by atoms with van der Waals surface area (Å²) in [6.07, 6.45) is 1.68. The lowest BCUT2D eigenvalue weighted by Gasteiger charge is -2.26. The van der Waals surface area contributed by atoms with Crippen LogP contribution in [0.25, 0.3) is 11.3 Å². The van der Waals surface area contributed by atoms with Crippen molar-refractivity contribution in [2.75, 3.05) is 38.2 Å². The van der Waals surface area contributed by atoms with Gasteiger partial charge in [-0.05, 0) is 12.1 Å². The first kappa shape index (κ1) is 12.8. The van der Waals surface area contributed by atoms with Gasteiger partial charge < -0.3 is 15.0 Å². The van der Waals surface area contributed by atoms with Crippen LogP contribution in [0.3, 0.4) is 0 Å². The van der Waals surface area contributed by atoms with Crippen molar-refractivity contribution < 1.29 is 4.74 Å². The number of hydrogen-bond donors (Lipinski definition) is 1. The van der Waals surface area contributed by atoms with Gasteiger partial charge >= 0.3 is 0 Å². The summed E-state index contributed by atoms with van der Waals surface area (Å²) in [6.45, 7) is 3.71. The summed E-state index contributed by atoms with van der Waals surface area (Å²) in [5.74, 6) is 1.50. The molecule has 2 heterocycles. The molecular formula is C14H17N5O. The summed E-state index contributed by atoms with van der Waals surface area (Å²) in [7, 11) is 1.66. The van der Waals surface area contributed by atoms with Crippen molar-refractivity contribution in [2.24, 2.45) is 0 Å². The highest BCUT2D eigenvalue weighted by atomic mass is 16.5. The van der Waals surface area contributed by atoms with Gasteiger partial charge in [0.1, 0.15) is 5.75 Å². The second kappa shape index (κ2) is 5.83. The number of hydrogen-bond acceptors (Lipinski definition) is 6.